The van der Waals surface area contributed by atoms with Crippen LogP contribution >= 0.6 is 11.6 Å². The maximum atomic E-state index is 13.6. The second-order valence-electron chi connectivity index (χ2n) is 11.8. The van der Waals surface area contributed by atoms with Crippen LogP contribution in [0.2, 0.25) is 5.02 Å². The summed E-state index contributed by atoms with van der Waals surface area (Å²) in [6.45, 7) is 0.484. The van der Waals surface area contributed by atoms with E-state index in [0.717, 1.165) is 63.4 Å². The summed E-state index contributed by atoms with van der Waals surface area (Å²) in [6, 6.07) is 8.13. The molecule has 37 heavy (non-hydrogen) atoms. The van der Waals surface area contributed by atoms with Crippen LogP contribution in [0.15, 0.2) is 24.3 Å². The van der Waals surface area contributed by atoms with Crippen molar-refractivity contribution in [2.45, 2.75) is 87.4 Å². The van der Waals surface area contributed by atoms with Crippen LogP contribution in [0, 0.1) is 29.1 Å². The number of carbonyl (C=O) groups is 3. The van der Waals surface area contributed by atoms with Crippen LogP contribution < -0.4 is 10.6 Å². The Hall–Kier alpha value is -2.79. The van der Waals surface area contributed by atoms with Crippen LogP contribution in [0.3, 0.4) is 0 Å². The number of nitriles is 1. The molecule has 2 saturated heterocycles. The molecule has 1 spiro atoms. The number of amides is 3. The van der Waals surface area contributed by atoms with Gasteiger partial charge in [-0.3, -0.25) is 14.5 Å². The maximum Gasteiger partial charge on any atom is 0.411 e. The van der Waals surface area contributed by atoms with Crippen LogP contribution in [-0.2, 0) is 19.9 Å². The molecule has 2 aliphatic heterocycles. The molecule has 2 heterocycles. The number of hydrogen-bond donors (Lipinski definition) is 2. The number of carbonyl (C=O) groups excluding carboxylic acids is 3. The van der Waals surface area contributed by atoms with Crippen molar-refractivity contribution in [2.24, 2.45) is 17.8 Å². The summed E-state index contributed by atoms with van der Waals surface area (Å²) in [4.78, 5) is 41.2. The van der Waals surface area contributed by atoms with Gasteiger partial charge in [0.05, 0.1) is 6.07 Å². The zero-order valence-corrected chi connectivity index (χ0v) is 21.6. The Morgan fingerprint density at radius 1 is 1.24 bits per heavy atom. The highest BCUT2D eigenvalue weighted by molar-refractivity contribution is 6.30. The number of benzene rings is 1. The number of ether oxygens (including phenoxy) is 1. The number of rotatable bonds is 6. The van der Waals surface area contributed by atoms with Gasteiger partial charge in [0, 0.05) is 23.0 Å². The van der Waals surface area contributed by atoms with E-state index in [-0.39, 0.29) is 35.1 Å². The molecule has 3 amide bonds. The lowest BCUT2D eigenvalue weighted by Gasteiger charge is -2.31. The number of likely N-dealkylation sites (tertiary alicyclic amines) is 1. The van der Waals surface area contributed by atoms with E-state index >= 15 is 0 Å². The van der Waals surface area contributed by atoms with Gasteiger partial charge in [-0.25, -0.2) is 4.79 Å². The van der Waals surface area contributed by atoms with Crippen molar-refractivity contribution in [3.05, 3.63) is 34.9 Å². The molecule has 2 N–H and O–H groups in total. The zero-order chi connectivity index (χ0) is 25.8. The Morgan fingerprint density at radius 2 is 2.03 bits per heavy atom. The third kappa shape index (κ3) is 4.67. The highest BCUT2D eigenvalue weighted by atomic mass is 35.5. The summed E-state index contributed by atoms with van der Waals surface area (Å²) < 4.78 is 6.07. The Kier molecular flexibility index (Phi) is 6.10. The molecule has 0 unspecified atom stereocenters. The highest BCUT2D eigenvalue weighted by Crippen LogP contribution is 2.51. The highest BCUT2D eigenvalue weighted by Gasteiger charge is 2.55. The topological polar surface area (TPSA) is 112 Å². The van der Waals surface area contributed by atoms with Gasteiger partial charge in [-0.05, 0) is 80.9 Å². The average molecular weight is 525 g/mol. The second-order valence-corrected chi connectivity index (χ2v) is 12.2. The monoisotopic (exact) mass is 524 g/mol. The molecule has 8 nitrogen and oxygen atoms in total. The van der Waals surface area contributed by atoms with E-state index in [4.69, 9.17) is 16.3 Å². The van der Waals surface area contributed by atoms with E-state index in [1.165, 1.54) is 0 Å². The predicted octanol–water partition coefficient (Wildman–Crippen LogP) is 4.02. The summed E-state index contributed by atoms with van der Waals surface area (Å²) in [5, 5.41) is 16.4. The fraction of sp³-hybridized carbons (Fsp3) is 0.643. The minimum absolute atomic E-state index is 0.0267. The predicted molar refractivity (Wildman–Crippen MR) is 135 cm³/mol. The lowest BCUT2D eigenvalue weighted by atomic mass is 9.78. The van der Waals surface area contributed by atoms with E-state index in [1.54, 1.807) is 11.0 Å². The lowest BCUT2D eigenvalue weighted by molar-refractivity contribution is -0.128. The molecule has 1 aromatic carbocycles. The van der Waals surface area contributed by atoms with Gasteiger partial charge in [-0.2, -0.15) is 5.26 Å². The van der Waals surface area contributed by atoms with Crippen LogP contribution in [0.4, 0.5) is 4.79 Å². The molecule has 5 atom stereocenters. The van der Waals surface area contributed by atoms with Gasteiger partial charge < -0.3 is 15.4 Å². The quantitative estimate of drug-likeness (QED) is 0.583. The van der Waals surface area contributed by atoms with Gasteiger partial charge in [0.15, 0.2) is 0 Å². The molecule has 1 aromatic rings. The molecule has 3 aliphatic carbocycles. The summed E-state index contributed by atoms with van der Waals surface area (Å²) >= 11 is 6.19. The first-order valence-electron chi connectivity index (χ1n) is 13.6. The third-order valence-corrected chi connectivity index (χ3v) is 9.46. The number of nitrogens with one attached hydrogen (secondary N) is 2. The summed E-state index contributed by atoms with van der Waals surface area (Å²) in [7, 11) is 0. The first-order valence-corrected chi connectivity index (χ1v) is 14.0. The van der Waals surface area contributed by atoms with Crippen LogP contribution in [0.25, 0.3) is 0 Å². The maximum absolute atomic E-state index is 13.6. The van der Waals surface area contributed by atoms with E-state index in [1.807, 2.05) is 18.2 Å². The Balaban J connectivity index is 1.16. The van der Waals surface area contributed by atoms with Gasteiger partial charge in [-0.1, -0.05) is 36.6 Å². The molecule has 196 valence electrons. The average Bonchev–Trinajstić information content (AvgIpc) is 3.76. The first kappa shape index (κ1) is 24.5. The number of nitrogens with zero attached hydrogens (tertiary/aromatic N) is 2. The smallest absolute Gasteiger partial charge is 0.411 e. The molecule has 0 aromatic heterocycles. The van der Waals surface area contributed by atoms with Crippen LogP contribution in [0.1, 0.15) is 69.8 Å². The van der Waals surface area contributed by atoms with Gasteiger partial charge in [-0.15, -0.1) is 0 Å². The third-order valence-electron chi connectivity index (χ3n) is 9.22. The van der Waals surface area contributed by atoms with E-state index in [2.05, 4.69) is 16.7 Å². The van der Waals surface area contributed by atoms with E-state index < -0.39 is 23.8 Å². The molecule has 5 fully saturated rings. The Bertz CT molecular complexity index is 1160. The standard InChI is InChI=1S/C28H33ClN4O4/c29-20-6-3-5-19(13-20)28(10-11-28)37-26(36)33-16-17-4-1-2-7-22(17)23(33)25(35)31-21(15-30)12-18-14-27(8-9-27)32-24(18)34/h3,5-6,13,17-18,21-23H,1-2,4,7-12,14,16H2,(H,31,35)(H,32,34)/t17-,18+,21-,22-,23-/m0/s1. The number of fused-ring (bicyclic) bond motifs is 1. The summed E-state index contributed by atoms with van der Waals surface area (Å²) in [5.74, 6) is -0.320. The van der Waals surface area contributed by atoms with Crippen molar-refractivity contribution in [2.75, 3.05) is 6.54 Å². The van der Waals surface area contributed by atoms with E-state index in [0.29, 0.717) is 18.0 Å². The largest absolute Gasteiger partial charge is 0.438 e. The molecule has 3 saturated carbocycles. The molecular weight excluding hydrogens is 492 g/mol. The van der Waals surface area contributed by atoms with Gasteiger partial charge in [0.2, 0.25) is 11.8 Å². The molecule has 0 bridgehead atoms. The fourth-order valence-electron chi connectivity index (χ4n) is 6.90. The summed E-state index contributed by atoms with van der Waals surface area (Å²) in [6.07, 6.45) is 7.89. The normalized spacial score (nSPS) is 31.1. The summed E-state index contributed by atoms with van der Waals surface area (Å²) in [5.41, 5.74) is 0.105. The van der Waals surface area contributed by atoms with Crippen molar-refractivity contribution in [1.82, 2.24) is 15.5 Å². The lowest BCUT2D eigenvalue weighted by Crippen LogP contribution is -2.52. The van der Waals surface area contributed by atoms with E-state index in [9.17, 15) is 19.6 Å². The number of hydrogen-bond acceptors (Lipinski definition) is 5. The molecular formula is C28H33ClN4O4. The van der Waals surface area contributed by atoms with Crippen molar-refractivity contribution >= 4 is 29.5 Å². The first-order chi connectivity index (χ1) is 17.8. The van der Waals surface area contributed by atoms with Crippen LogP contribution in [-0.4, -0.2) is 47.0 Å². The molecule has 5 aliphatic rings. The molecule has 6 rings (SSSR count). The van der Waals surface area contributed by atoms with Gasteiger partial charge >= 0.3 is 6.09 Å². The van der Waals surface area contributed by atoms with Crippen LogP contribution in [0.5, 0.6) is 0 Å². The van der Waals surface area contributed by atoms with Gasteiger partial charge in [0.25, 0.3) is 0 Å². The van der Waals surface area contributed by atoms with Crippen molar-refractivity contribution in [3.8, 4) is 6.07 Å². The second kappa shape index (κ2) is 9.20. The number of halogens is 1. The minimum atomic E-state index is -0.779. The molecule has 9 heteroatoms. The van der Waals surface area contributed by atoms with Crippen molar-refractivity contribution in [3.63, 3.8) is 0 Å². The SMILES string of the molecule is N#C[C@H](C[C@@H]1CC2(CC2)NC1=O)NC(=O)[C@@H]1[C@H]2CCCC[C@H]2CN1C(=O)OC1(c2cccc(Cl)c2)CC1. The Labute approximate surface area is 222 Å². The minimum Gasteiger partial charge on any atom is -0.438 e. The van der Waals surface area contributed by atoms with Gasteiger partial charge in [0.1, 0.15) is 17.7 Å². The fourth-order valence-corrected chi connectivity index (χ4v) is 7.09. The molecule has 0 radical (unpaired) electrons. The van der Waals surface area contributed by atoms with Crippen molar-refractivity contribution < 1.29 is 19.1 Å². The Morgan fingerprint density at radius 3 is 2.70 bits per heavy atom. The zero-order valence-electron chi connectivity index (χ0n) is 20.9. The van der Waals surface area contributed by atoms with Crippen molar-refractivity contribution in [1.29, 1.82) is 5.26 Å².